The second kappa shape index (κ2) is 7.74. The van der Waals surface area contributed by atoms with Crippen molar-refractivity contribution in [3.63, 3.8) is 0 Å². The monoisotopic (exact) mass is 319 g/mol. The minimum absolute atomic E-state index is 0.0220. The Morgan fingerprint density at radius 1 is 1.41 bits per heavy atom. The summed E-state index contributed by atoms with van der Waals surface area (Å²) >= 11 is 6.00. The molecule has 0 bridgehead atoms. The summed E-state index contributed by atoms with van der Waals surface area (Å²) in [6, 6.07) is 11.6. The van der Waals surface area contributed by atoms with Crippen LogP contribution >= 0.6 is 11.6 Å². The van der Waals surface area contributed by atoms with Crippen LogP contribution in [0.25, 0.3) is 0 Å². The summed E-state index contributed by atoms with van der Waals surface area (Å²) in [5.41, 5.74) is 1.72. The van der Waals surface area contributed by atoms with Crippen LogP contribution in [0, 0.1) is 0 Å². The van der Waals surface area contributed by atoms with Gasteiger partial charge in [-0.2, -0.15) is 11.0 Å². The molecule has 0 amide bonds. The molecule has 22 heavy (non-hydrogen) atoms. The fourth-order valence-electron chi connectivity index (χ4n) is 1.82. The summed E-state index contributed by atoms with van der Waals surface area (Å²) in [7, 11) is 1.88. The molecule has 0 saturated heterocycles. The van der Waals surface area contributed by atoms with Crippen LogP contribution in [-0.2, 0) is 0 Å². The molecule has 3 N–H and O–H groups in total. The SMILES string of the molecule is CNC(C)N(/N=C/c1cnc(ON)c(Cl)c1)c1ccccc1. The lowest BCUT2D eigenvalue weighted by atomic mass is 10.3. The van der Waals surface area contributed by atoms with Crippen molar-refractivity contribution in [2.24, 2.45) is 11.0 Å². The minimum atomic E-state index is 0.0220. The second-order valence-corrected chi connectivity index (χ2v) is 4.97. The van der Waals surface area contributed by atoms with E-state index < -0.39 is 0 Å². The Kier molecular flexibility index (Phi) is 5.71. The van der Waals surface area contributed by atoms with Crippen molar-refractivity contribution >= 4 is 23.5 Å². The van der Waals surface area contributed by atoms with Gasteiger partial charge in [-0.1, -0.05) is 29.8 Å². The molecule has 1 aromatic carbocycles. The molecule has 2 aromatic rings. The number of hydrazone groups is 1. The van der Waals surface area contributed by atoms with Gasteiger partial charge in [-0.3, -0.25) is 5.32 Å². The largest absolute Gasteiger partial charge is 0.390 e. The Hall–Kier alpha value is -2.15. The Morgan fingerprint density at radius 2 is 2.14 bits per heavy atom. The summed E-state index contributed by atoms with van der Waals surface area (Å²) in [6.07, 6.45) is 3.29. The van der Waals surface area contributed by atoms with Gasteiger partial charge >= 0.3 is 0 Å². The number of benzene rings is 1. The molecular formula is C15H18ClN5O. The van der Waals surface area contributed by atoms with Crippen molar-refractivity contribution in [1.29, 1.82) is 0 Å². The number of para-hydroxylation sites is 1. The molecule has 0 radical (unpaired) electrons. The highest BCUT2D eigenvalue weighted by molar-refractivity contribution is 6.32. The molecule has 0 aliphatic rings. The molecule has 1 aromatic heterocycles. The fourth-order valence-corrected chi connectivity index (χ4v) is 2.04. The average molecular weight is 320 g/mol. The van der Waals surface area contributed by atoms with E-state index in [4.69, 9.17) is 17.5 Å². The van der Waals surface area contributed by atoms with Crippen molar-refractivity contribution in [1.82, 2.24) is 10.3 Å². The van der Waals surface area contributed by atoms with E-state index in [0.29, 0.717) is 5.02 Å². The van der Waals surface area contributed by atoms with Crippen LogP contribution in [0.2, 0.25) is 5.02 Å². The summed E-state index contributed by atoms with van der Waals surface area (Å²) in [4.78, 5) is 8.55. The Labute approximate surface area is 134 Å². The van der Waals surface area contributed by atoms with Crippen LogP contribution in [0.4, 0.5) is 5.69 Å². The van der Waals surface area contributed by atoms with Crippen LogP contribution in [0.15, 0.2) is 47.7 Å². The van der Waals surface area contributed by atoms with E-state index in [1.807, 2.05) is 49.3 Å². The zero-order valence-electron chi connectivity index (χ0n) is 12.4. The summed E-state index contributed by atoms with van der Waals surface area (Å²) in [6.45, 7) is 2.01. The van der Waals surface area contributed by atoms with Gasteiger partial charge in [-0.25, -0.2) is 9.99 Å². The van der Waals surface area contributed by atoms with Crippen LogP contribution in [0.1, 0.15) is 12.5 Å². The summed E-state index contributed by atoms with van der Waals surface area (Å²) in [5, 5.41) is 9.87. The number of nitrogens with one attached hydrogen (secondary N) is 1. The topological polar surface area (TPSA) is 75.8 Å². The molecule has 1 unspecified atom stereocenters. The van der Waals surface area contributed by atoms with E-state index in [1.165, 1.54) is 0 Å². The number of hydrogen-bond acceptors (Lipinski definition) is 6. The molecular weight excluding hydrogens is 302 g/mol. The van der Waals surface area contributed by atoms with Crippen molar-refractivity contribution in [3.8, 4) is 5.88 Å². The molecule has 0 spiro atoms. The molecule has 1 heterocycles. The van der Waals surface area contributed by atoms with Crippen molar-refractivity contribution in [2.75, 3.05) is 12.1 Å². The van der Waals surface area contributed by atoms with E-state index in [2.05, 4.69) is 20.2 Å². The molecule has 6 nitrogen and oxygen atoms in total. The first-order chi connectivity index (χ1) is 10.7. The zero-order chi connectivity index (χ0) is 15.9. The van der Waals surface area contributed by atoms with Gasteiger partial charge in [-0.05, 0) is 32.2 Å². The Bertz CT molecular complexity index is 635. The first-order valence-electron chi connectivity index (χ1n) is 6.73. The number of pyridine rings is 1. The number of nitrogens with zero attached hydrogens (tertiary/aromatic N) is 3. The Morgan fingerprint density at radius 3 is 2.73 bits per heavy atom. The molecule has 0 aliphatic carbocycles. The average Bonchev–Trinajstić information content (AvgIpc) is 2.56. The third kappa shape index (κ3) is 3.94. The smallest absolute Gasteiger partial charge is 0.256 e. The normalized spacial score (nSPS) is 12.4. The minimum Gasteiger partial charge on any atom is -0.390 e. The van der Waals surface area contributed by atoms with E-state index >= 15 is 0 Å². The molecule has 1 atom stereocenters. The van der Waals surface area contributed by atoms with Gasteiger partial charge in [-0.15, -0.1) is 0 Å². The lowest BCUT2D eigenvalue weighted by Crippen LogP contribution is -2.38. The van der Waals surface area contributed by atoms with E-state index in [0.717, 1.165) is 11.3 Å². The molecule has 116 valence electrons. The van der Waals surface area contributed by atoms with Gasteiger partial charge in [0.2, 0.25) is 0 Å². The molecule has 0 aliphatic heterocycles. The van der Waals surface area contributed by atoms with Gasteiger partial charge in [0, 0.05) is 11.8 Å². The van der Waals surface area contributed by atoms with Gasteiger partial charge in [0.25, 0.3) is 5.88 Å². The Balaban J connectivity index is 2.25. The highest BCUT2D eigenvalue weighted by atomic mass is 35.5. The van der Waals surface area contributed by atoms with Crippen LogP contribution in [0.5, 0.6) is 5.88 Å². The second-order valence-electron chi connectivity index (χ2n) is 4.56. The summed E-state index contributed by atoms with van der Waals surface area (Å²) < 4.78 is 0. The maximum Gasteiger partial charge on any atom is 0.256 e. The maximum atomic E-state index is 6.00. The number of aromatic nitrogens is 1. The number of halogens is 1. The number of nitrogens with two attached hydrogens (primary N) is 1. The molecule has 7 heteroatoms. The highest BCUT2D eigenvalue weighted by Crippen LogP contribution is 2.21. The predicted octanol–water partition coefficient (Wildman–Crippen LogP) is 2.39. The highest BCUT2D eigenvalue weighted by Gasteiger charge is 2.11. The molecule has 0 saturated carbocycles. The van der Waals surface area contributed by atoms with Crippen LogP contribution in [0.3, 0.4) is 0 Å². The van der Waals surface area contributed by atoms with Gasteiger partial charge in [0.05, 0.1) is 18.1 Å². The number of rotatable bonds is 6. The standard InChI is InChI=1S/C15H18ClN5O/c1-11(18-2)21(13-6-4-3-5-7-13)20-10-12-8-14(16)15(22-17)19-9-12/h3-11,18H,17H2,1-2H3/b20-10+. The quantitative estimate of drug-likeness (QED) is 0.486. The van der Waals surface area contributed by atoms with Crippen LogP contribution < -0.4 is 21.1 Å². The van der Waals surface area contributed by atoms with Crippen LogP contribution in [-0.4, -0.2) is 24.4 Å². The van der Waals surface area contributed by atoms with Crippen molar-refractivity contribution in [2.45, 2.75) is 13.1 Å². The lowest BCUT2D eigenvalue weighted by molar-refractivity contribution is 0.321. The third-order valence-corrected chi connectivity index (χ3v) is 3.35. The first-order valence-corrected chi connectivity index (χ1v) is 7.11. The predicted molar refractivity (Wildman–Crippen MR) is 89.1 cm³/mol. The number of anilines is 1. The fraction of sp³-hybridized carbons (Fsp3) is 0.200. The first kappa shape index (κ1) is 16.2. The van der Waals surface area contributed by atoms with E-state index in [9.17, 15) is 0 Å². The number of hydrogen-bond donors (Lipinski definition) is 2. The van der Waals surface area contributed by atoms with Gasteiger partial charge in [0.1, 0.15) is 5.02 Å². The lowest BCUT2D eigenvalue weighted by Gasteiger charge is -2.25. The van der Waals surface area contributed by atoms with Crippen molar-refractivity contribution < 1.29 is 4.84 Å². The summed E-state index contributed by atoms with van der Waals surface area (Å²) in [5.74, 6) is 5.24. The molecule has 0 fully saturated rings. The zero-order valence-corrected chi connectivity index (χ0v) is 13.2. The third-order valence-electron chi connectivity index (χ3n) is 3.08. The molecule has 2 rings (SSSR count). The maximum absolute atomic E-state index is 6.00. The van der Waals surface area contributed by atoms with Crippen molar-refractivity contribution in [3.05, 3.63) is 53.2 Å². The van der Waals surface area contributed by atoms with Gasteiger partial charge in [0.15, 0.2) is 0 Å². The van der Waals surface area contributed by atoms with E-state index in [-0.39, 0.29) is 12.0 Å². The van der Waals surface area contributed by atoms with E-state index in [1.54, 1.807) is 18.5 Å². The van der Waals surface area contributed by atoms with Gasteiger partial charge < -0.3 is 4.84 Å².